The molecule has 0 heterocycles. The van der Waals surface area contributed by atoms with Gasteiger partial charge in [0.05, 0.1) is 30.5 Å². The van der Waals surface area contributed by atoms with Crippen LogP contribution in [0.2, 0.25) is 0 Å². The van der Waals surface area contributed by atoms with Gasteiger partial charge in [-0.2, -0.15) is 15.8 Å². The van der Waals surface area contributed by atoms with Gasteiger partial charge in [-0.25, -0.2) is 0 Å². The number of hydrogen-bond acceptors (Lipinski definition) is 3. The number of unbranched alkanes of at least 4 members (excludes halogenated alkanes) is 10. The van der Waals surface area contributed by atoms with E-state index < -0.39 is 0 Å². The maximum absolute atomic E-state index is 8.82. The summed E-state index contributed by atoms with van der Waals surface area (Å²) in [5, 5.41) is 25.8. The van der Waals surface area contributed by atoms with Gasteiger partial charge in [-0.05, 0) is 12.8 Å². The first-order chi connectivity index (χ1) is 9.85. The molecule has 1 unspecified atom stereocenters. The summed E-state index contributed by atoms with van der Waals surface area (Å²) in [6.45, 7) is 0. The summed E-state index contributed by atoms with van der Waals surface area (Å²) >= 11 is 0. The molecule has 0 aromatic rings. The van der Waals surface area contributed by atoms with E-state index in [4.69, 9.17) is 15.8 Å². The fourth-order valence-corrected chi connectivity index (χ4v) is 2.33. The van der Waals surface area contributed by atoms with Gasteiger partial charge >= 0.3 is 0 Å². The van der Waals surface area contributed by atoms with E-state index in [2.05, 4.69) is 18.2 Å². The van der Waals surface area contributed by atoms with Crippen LogP contribution < -0.4 is 0 Å². The van der Waals surface area contributed by atoms with Crippen molar-refractivity contribution >= 4 is 0 Å². The standard InChI is InChI=1S/C17H27N3/c18-14-11-9-7-5-3-1-2-4-6-8-10-12-17(16-20)13-15-19/h17H,1-13H2. The lowest BCUT2D eigenvalue weighted by molar-refractivity contribution is 0.517. The summed E-state index contributed by atoms with van der Waals surface area (Å²) in [6.07, 6.45) is 14.2. The lowest BCUT2D eigenvalue weighted by Crippen LogP contribution is -1.95. The summed E-state index contributed by atoms with van der Waals surface area (Å²) in [5.41, 5.74) is 0. The first-order valence-electron chi connectivity index (χ1n) is 7.98. The molecule has 0 aromatic carbocycles. The third-order valence-electron chi connectivity index (χ3n) is 3.61. The van der Waals surface area contributed by atoms with Crippen LogP contribution in [0.4, 0.5) is 0 Å². The van der Waals surface area contributed by atoms with E-state index >= 15 is 0 Å². The van der Waals surface area contributed by atoms with Gasteiger partial charge < -0.3 is 0 Å². The molecule has 0 aliphatic rings. The molecule has 3 heteroatoms. The summed E-state index contributed by atoms with van der Waals surface area (Å²) in [5.74, 6) is -0.0617. The highest BCUT2D eigenvalue weighted by Gasteiger charge is 2.05. The Hall–Kier alpha value is -1.53. The molecule has 3 nitrogen and oxygen atoms in total. The van der Waals surface area contributed by atoms with Gasteiger partial charge in [0, 0.05) is 6.42 Å². The van der Waals surface area contributed by atoms with E-state index in [0.29, 0.717) is 12.8 Å². The topological polar surface area (TPSA) is 71.4 Å². The van der Waals surface area contributed by atoms with Crippen molar-refractivity contribution in [3.63, 3.8) is 0 Å². The van der Waals surface area contributed by atoms with Gasteiger partial charge in [0.2, 0.25) is 0 Å². The van der Waals surface area contributed by atoms with Gasteiger partial charge in [0.1, 0.15) is 0 Å². The second kappa shape index (κ2) is 15.5. The molecule has 0 amide bonds. The number of nitrogens with zero attached hydrogens (tertiary/aromatic N) is 3. The molecule has 0 saturated heterocycles. The molecule has 0 aliphatic carbocycles. The Balaban J connectivity index is 3.16. The Morgan fingerprint density at radius 1 is 0.600 bits per heavy atom. The van der Waals surface area contributed by atoms with E-state index in [-0.39, 0.29) is 5.92 Å². The van der Waals surface area contributed by atoms with Crippen molar-refractivity contribution in [2.24, 2.45) is 5.92 Å². The zero-order valence-electron chi connectivity index (χ0n) is 12.6. The molecular weight excluding hydrogens is 246 g/mol. The molecule has 0 saturated carbocycles. The van der Waals surface area contributed by atoms with Crippen molar-refractivity contribution in [2.45, 2.75) is 83.5 Å². The Bertz CT molecular complexity index is 330. The van der Waals surface area contributed by atoms with E-state index in [1.165, 1.54) is 51.4 Å². The molecule has 0 bridgehead atoms. The van der Waals surface area contributed by atoms with Crippen LogP contribution in [0.15, 0.2) is 0 Å². The van der Waals surface area contributed by atoms with Crippen LogP contribution in [0.3, 0.4) is 0 Å². The van der Waals surface area contributed by atoms with E-state index in [1.54, 1.807) is 0 Å². The molecule has 0 fully saturated rings. The summed E-state index contributed by atoms with van der Waals surface area (Å²) in [4.78, 5) is 0. The highest BCUT2D eigenvalue weighted by Crippen LogP contribution is 2.15. The maximum atomic E-state index is 8.82. The van der Waals surface area contributed by atoms with Gasteiger partial charge in [-0.3, -0.25) is 0 Å². The predicted molar refractivity (Wildman–Crippen MR) is 80.4 cm³/mol. The average molecular weight is 273 g/mol. The first kappa shape index (κ1) is 18.5. The summed E-state index contributed by atoms with van der Waals surface area (Å²) in [6, 6.07) is 6.45. The van der Waals surface area contributed by atoms with Crippen LogP contribution in [-0.2, 0) is 0 Å². The Morgan fingerprint density at radius 2 is 1.10 bits per heavy atom. The van der Waals surface area contributed by atoms with Gasteiger partial charge in [-0.15, -0.1) is 0 Å². The van der Waals surface area contributed by atoms with Gasteiger partial charge in [0.15, 0.2) is 0 Å². The van der Waals surface area contributed by atoms with E-state index in [1.807, 2.05) is 0 Å². The predicted octanol–water partition coefficient (Wildman–Crippen LogP) is 5.24. The second-order valence-electron chi connectivity index (χ2n) is 5.42. The Kier molecular flexibility index (Phi) is 14.3. The molecule has 0 aliphatic heterocycles. The molecule has 0 rings (SSSR count). The largest absolute Gasteiger partial charge is 0.198 e. The zero-order chi connectivity index (χ0) is 14.9. The zero-order valence-corrected chi connectivity index (χ0v) is 12.6. The van der Waals surface area contributed by atoms with Crippen LogP contribution in [0.1, 0.15) is 83.5 Å². The number of nitriles is 3. The van der Waals surface area contributed by atoms with Gasteiger partial charge in [0.25, 0.3) is 0 Å². The lowest BCUT2D eigenvalue weighted by Gasteiger charge is -2.04. The first-order valence-corrected chi connectivity index (χ1v) is 7.98. The fourth-order valence-electron chi connectivity index (χ4n) is 2.33. The summed E-state index contributed by atoms with van der Waals surface area (Å²) in [7, 11) is 0. The molecular formula is C17H27N3. The van der Waals surface area contributed by atoms with Crippen LogP contribution in [0.25, 0.3) is 0 Å². The molecule has 0 N–H and O–H groups in total. The van der Waals surface area contributed by atoms with Crippen molar-refractivity contribution in [1.82, 2.24) is 0 Å². The van der Waals surface area contributed by atoms with E-state index in [9.17, 15) is 0 Å². The minimum absolute atomic E-state index is 0.0617. The molecule has 0 radical (unpaired) electrons. The normalized spacial score (nSPS) is 11.2. The lowest BCUT2D eigenvalue weighted by atomic mass is 9.99. The van der Waals surface area contributed by atoms with Gasteiger partial charge in [-0.1, -0.05) is 57.8 Å². The van der Waals surface area contributed by atoms with Crippen LogP contribution >= 0.6 is 0 Å². The van der Waals surface area contributed by atoms with Crippen molar-refractivity contribution in [3.8, 4) is 18.2 Å². The highest BCUT2D eigenvalue weighted by atomic mass is 14.3. The van der Waals surface area contributed by atoms with Crippen LogP contribution in [-0.4, -0.2) is 0 Å². The fraction of sp³-hybridized carbons (Fsp3) is 0.824. The maximum Gasteiger partial charge on any atom is 0.0666 e. The third kappa shape index (κ3) is 12.9. The monoisotopic (exact) mass is 273 g/mol. The quantitative estimate of drug-likeness (QED) is 0.430. The molecule has 0 aromatic heterocycles. The van der Waals surface area contributed by atoms with Crippen molar-refractivity contribution in [3.05, 3.63) is 0 Å². The number of rotatable bonds is 13. The number of hydrogen-bond donors (Lipinski definition) is 0. The Labute approximate surface area is 124 Å². The smallest absolute Gasteiger partial charge is 0.0666 e. The van der Waals surface area contributed by atoms with Crippen LogP contribution in [0, 0.1) is 39.9 Å². The van der Waals surface area contributed by atoms with E-state index in [0.717, 1.165) is 19.3 Å². The Morgan fingerprint density at radius 3 is 1.55 bits per heavy atom. The molecule has 110 valence electrons. The van der Waals surface area contributed by atoms with Crippen molar-refractivity contribution in [2.75, 3.05) is 0 Å². The molecule has 1 atom stereocenters. The third-order valence-corrected chi connectivity index (χ3v) is 3.61. The minimum atomic E-state index is -0.0617. The van der Waals surface area contributed by atoms with Crippen molar-refractivity contribution in [1.29, 1.82) is 15.8 Å². The van der Waals surface area contributed by atoms with Crippen LogP contribution in [0.5, 0.6) is 0 Å². The second-order valence-corrected chi connectivity index (χ2v) is 5.42. The summed E-state index contributed by atoms with van der Waals surface area (Å²) < 4.78 is 0. The average Bonchev–Trinajstić information content (AvgIpc) is 2.47. The molecule has 20 heavy (non-hydrogen) atoms. The van der Waals surface area contributed by atoms with Crippen molar-refractivity contribution < 1.29 is 0 Å². The SMILES string of the molecule is N#CCCCCCCCCCCCCC(C#N)CC#N. The highest BCUT2D eigenvalue weighted by molar-refractivity contribution is 4.89. The minimum Gasteiger partial charge on any atom is -0.198 e. The molecule has 0 spiro atoms.